The molecule has 0 aromatic heterocycles. The average Bonchev–Trinajstić information content (AvgIpc) is 3.65. The molecule has 8 rings (SSSR count). The number of hydrogen-bond donors (Lipinski definition) is 3. The number of anilines is 1. The molecule has 306 valence electrons. The molecule has 14 nitrogen and oxygen atoms in total. The normalized spacial score (nSPS) is 23.4. The Kier molecular flexibility index (Phi) is 10.2. The zero-order chi connectivity index (χ0) is 42.0. The van der Waals surface area contributed by atoms with Crippen LogP contribution in [0.4, 0.5) is 5.69 Å². The monoisotopic (exact) mass is 819 g/mol. The molecule has 2 saturated heterocycles. The number of nitrogens with one attached hydrogen (secondary N) is 3. The third-order valence-electron chi connectivity index (χ3n) is 12.7. The lowest BCUT2D eigenvalue weighted by atomic mass is 9.49. The lowest BCUT2D eigenvalue weighted by molar-refractivity contribution is -0.199. The highest BCUT2D eigenvalue weighted by atomic mass is 35.5. The highest BCUT2D eigenvalue weighted by Crippen LogP contribution is 2.59. The van der Waals surface area contributed by atoms with Crippen LogP contribution in [0.2, 0.25) is 5.02 Å². The topological polar surface area (TPSA) is 181 Å². The van der Waals surface area contributed by atoms with Gasteiger partial charge >= 0.3 is 0 Å². The number of amides is 6. The molecule has 3 fully saturated rings. The van der Waals surface area contributed by atoms with Crippen LogP contribution in [0.3, 0.4) is 0 Å². The predicted octanol–water partition coefficient (Wildman–Crippen LogP) is 4.44. The molecule has 4 heterocycles. The number of nitrogens with zero attached hydrogens (tertiary/aromatic N) is 4. The van der Waals surface area contributed by atoms with Crippen molar-refractivity contribution in [2.75, 3.05) is 31.1 Å². The Morgan fingerprint density at radius 2 is 1.59 bits per heavy atom. The molecule has 15 heteroatoms. The van der Waals surface area contributed by atoms with Crippen molar-refractivity contribution in [1.29, 1.82) is 5.26 Å². The van der Waals surface area contributed by atoms with Crippen LogP contribution in [0.1, 0.15) is 106 Å². The number of piperidine rings is 2. The van der Waals surface area contributed by atoms with E-state index < -0.39 is 40.5 Å². The van der Waals surface area contributed by atoms with Crippen LogP contribution in [0.25, 0.3) is 0 Å². The van der Waals surface area contributed by atoms with Crippen molar-refractivity contribution < 1.29 is 33.5 Å². The summed E-state index contributed by atoms with van der Waals surface area (Å²) >= 11 is 6.27. The van der Waals surface area contributed by atoms with Crippen LogP contribution in [0.5, 0.6) is 5.75 Å². The van der Waals surface area contributed by atoms with Crippen LogP contribution in [-0.2, 0) is 16.1 Å². The maximum absolute atomic E-state index is 13.8. The molecule has 1 unspecified atom stereocenters. The molecular weight excluding hydrogens is 774 g/mol. The first kappa shape index (κ1) is 40.0. The Morgan fingerprint density at radius 3 is 2.29 bits per heavy atom. The van der Waals surface area contributed by atoms with Gasteiger partial charge in [-0.25, -0.2) is 0 Å². The van der Waals surface area contributed by atoms with Crippen molar-refractivity contribution in [1.82, 2.24) is 25.8 Å². The molecule has 0 bridgehead atoms. The second-order valence-corrected chi connectivity index (χ2v) is 17.7. The minimum Gasteiger partial charge on any atom is -0.489 e. The lowest BCUT2D eigenvalue weighted by Gasteiger charge is -2.65. The molecule has 3 N–H and O–H groups in total. The van der Waals surface area contributed by atoms with E-state index in [1.807, 2.05) is 17.0 Å². The van der Waals surface area contributed by atoms with Crippen molar-refractivity contribution in [3.63, 3.8) is 0 Å². The Bertz CT molecular complexity index is 2330. The fraction of sp³-hybridized carbons (Fsp3) is 0.432. The summed E-state index contributed by atoms with van der Waals surface area (Å²) < 4.78 is 6.44. The Hall–Kier alpha value is -5.78. The van der Waals surface area contributed by atoms with Gasteiger partial charge in [0, 0.05) is 84.9 Å². The Balaban J connectivity index is 0.805. The Labute approximate surface area is 347 Å². The summed E-state index contributed by atoms with van der Waals surface area (Å²) in [6.07, 6.45) is 1.62. The smallest absolute Gasteiger partial charge is 0.262 e. The highest BCUT2D eigenvalue weighted by molar-refractivity contribution is 6.31. The third kappa shape index (κ3) is 6.99. The van der Waals surface area contributed by atoms with E-state index in [2.05, 4.69) is 54.6 Å². The molecule has 3 aromatic carbocycles. The average molecular weight is 820 g/mol. The van der Waals surface area contributed by atoms with Crippen molar-refractivity contribution in [3.8, 4) is 11.8 Å². The molecule has 6 amide bonds. The fourth-order valence-electron chi connectivity index (χ4n) is 10.3. The number of ether oxygens (including phenoxy) is 1. The van der Waals surface area contributed by atoms with Crippen LogP contribution in [0.15, 0.2) is 54.6 Å². The molecule has 1 aliphatic carbocycles. The van der Waals surface area contributed by atoms with Gasteiger partial charge in [0.15, 0.2) is 0 Å². The predicted molar refractivity (Wildman–Crippen MR) is 217 cm³/mol. The molecule has 3 aromatic rings. The number of benzene rings is 3. The highest BCUT2D eigenvalue weighted by Gasteiger charge is 2.67. The van der Waals surface area contributed by atoms with Crippen molar-refractivity contribution in [2.45, 2.75) is 84.2 Å². The van der Waals surface area contributed by atoms with E-state index >= 15 is 0 Å². The molecule has 1 atom stereocenters. The number of carbonyl (C=O) groups is 6. The number of imide groups is 2. The zero-order valence-electron chi connectivity index (χ0n) is 33.4. The van der Waals surface area contributed by atoms with Gasteiger partial charge in [-0.05, 0) is 73.4 Å². The van der Waals surface area contributed by atoms with Crippen molar-refractivity contribution in [3.05, 3.63) is 93.0 Å². The minimum absolute atomic E-state index is 0.0654. The Morgan fingerprint density at radius 1 is 0.881 bits per heavy atom. The molecule has 5 aliphatic rings. The van der Waals surface area contributed by atoms with Gasteiger partial charge in [-0.1, -0.05) is 39.3 Å². The largest absolute Gasteiger partial charge is 0.489 e. The van der Waals surface area contributed by atoms with Gasteiger partial charge in [-0.15, -0.1) is 0 Å². The summed E-state index contributed by atoms with van der Waals surface area (Å²) in [6.45, 7) is 11.2. The maximum atomic E-state index is 13.8. The summed E-state index contributed by atoms with van der Waals surface area (Å²) in [6, 6.07) is 16.6. The minimum atomic E-state index is -1.00. The van der Waals surface area contributed by atoms with E-state index in [9.17, 15) is 34.0 Å². The molecule has 0 spiro atoms. The van der Waals surface area contributed by atoms with Crippen LogP contribution < -0.4 is 25.6 Å². The summed E-state index contributed by atoms with van der Waals surface area (Å²) in [5.41, 5.74) is 2.81. The summed E-state index contributed by atoms with van der Waals surface area (Å²) in [4.78, 5) is 82.5. The summed E-state index contributed by atoms with van der Waals surface area (Å²) in [5.74, 6) is -1.80. The molecule has 0 radical (unpaired) electrons. The number of nitriles is 1. The van der Waals surface area contributed by atoms with Gasteiger partial charge in [-0.2, -0.15) is 5.26 Å². The van der Waals surface area contributed by atoms with E-state index in [1.165, 1.54) is 0 Å². The summed E-state index contributed by atoms with van der Waals surface area (Å²) in [7, 11) is 0. The van der Waals surface area contributed by atoms with Crippen LogP contribution >= 0.6 is 11.6 Å². The van der Waals surface area contributed by atoms with Crippen LogP contribution in [0, 0.1) is 22.2 Å². The zero-order valence-corrected chi connectivity index (χ0v) is 34.2. The molecule has 4 aliphatic heterocycles. The maximum Gasteiger partial charge on any atom is 0.262 e. The van der Waals surface area contributed by atoms with Crippen molar-refractivity contribution >= 4 is 52.7 Å². The van der Waals surface area contributed by atoms with E-state index in [0.29, 0.717) is 47.1 Å². The second-order valence-electron chi connectivity index (χ2n) is 17.3. The van der Waals surface area contributed by atoms with Gasteiger partial charge in [0.1, 0.15) is 24.0 Å². The number of carbonyl (C=O) groups excluding carboxylic acids is 6. The standard InChI is InChI=1S/C44H46ClN7O7/c1-43(2)41(44(3,4)42(43)59-29-8-5-25(22-46)33(45)21-29)51-23-26-19-24(6-9-30(26)38(51)56)36(54)48-16-15-47-27-13-17-50(18-14-27)28-7-10-31-32(20-28)40(58)52(39(31)57)34-11-12-35(53)49-37(34)55/h5-10,19-21,27,34,41-42,47H,11-18,23H2,1-4H3,(H,48,54)(H,49,53,55)/t34?,41-,42-. The number of rotatable bonds is 10. The summed E-state index contributed by atoms with van der Waals surface area (Å²) in [5, 5.41) is 18.3. The van der Waals surface area contributed by atoms with Gasteiger partial charge in [0.05, 0.1) is 21.7 Å². The lowest BCUT2D eigenvalue weighted by Crippen LogP contribution is -2.74. The van der Waals surface area contributed by atoms with Gasteiger partial charge in [0.2, 0.25) is 11.8 Å². The number of hydrogen-bond acceptors (Lipinski definition) is 10. The molecular formula is C44H46ClN7O7. The first-order valence-electron chi connectivity index (χ1n) is 20.0. The van der Waals surface area contributed by atoms with E-state index in [4.69, 9.17) is 16.3 Å². The van der Waals surface area contributed by atoms with E-state index in [-0.39, 0.29) is 54.0 Å². The van der Waals surface area contributed by atoms with Gasteiger partial charge in [0.25, 0.3) is 23.6 Å². The first-order valence-corrected chi connectivity index (χ1v) is 20.4. The number of halogens is 1. The number of fused-ring (bicyclic) bond motifs is 2. The van der Waals surface area contributed by atoms with E-state index in [0.717, 1.165) is 42.1 Å². The third-order valence-corrected chi connectivity index (χ3v) is 13.0. The molecule has 59 heavy (non-hydrogen) atoms. The first-order chi connectivity index (χ1) is 28.1. The fourth-order valence-corrected chi connectivity index (χ4v) is 10.5. The van der Waals surface area contributed by atoms with E-state index in [1.54, 1.807) is 42.5 Å². The van der Waals surface area contributed by atoms with Gasteiger partial charge < -0.3 is 25.2 Å². The SMILES string of the molecule is CC1(C)[C@H](Oc2ccc(C#N)c(Cl)c2)C(C)(C)[C@H]1N1Cc2cc(C(=O)NCCNC3CCN(c4ccc5c(c4)C(=O)N(C4CCC(=O)NC4=O)C5=O)CC3)ccc2C1=O. The van der Waals surface area contributed by atoms with Crippen LogP contribution in [-0.4, -0.2) is 95.7 Å². The van der Waals surface area contributed by atoms with Crippen molar-refractivity contribution in [2.24, 2.45) is 10.8 Å². The molecule has 1 saturated carbocycles. The van der Waals surface area contributed by atoms with Gasteiger partial charge in [-0.3, -0.25) is 39.0 Å². The quantitative estimate of drug-likeness (QED) is 0.196. The second kappa shape index (κ2) is 15.1.